The minimum atomic E-state index is -0.945. The van der Waals surface area contributed by atoms with Gasteiger partial charge in [0.2, 0.25) is 5.91 Å². The lowest BCUT2D eigenvalue weighted by Crippen LogP contribution is -2.65. The van der Waals surface area contributed by atoms with Gasteiger partial charge in [0.25, 0.3) is 5.91 Å². The molecule has 2 amide bonds. The largest absolute Gasteiger partial charge is 0.463 e. The highest BCUT2D eigenvalue weighted by atomic mass is 16.3. The summed E-state index contributed by atoms with van der Waals surface area (Å²) in [7, 11) is 0. The van der Waals surface area contributed by atoms with E-state index >= 15 is 0 Å². The number of carbonyl (C=O) groups excluding carboxylic acids is 2. The Balaban J connectivity index is 1.59. The minimum Gasteiger partial charge on any atom is -0.463 e. The van der Waals surface area contributed by atoms with Gasteiger partial charge < -0.3 is 24.1 Å². The number of nitrogens with zero attached hydrogens (tertiary/aromatic N) is 3. The van der Waals surface area contributed by atoms with Crippen LogP contribution in [-0.4, -0.2) is 63.9 Å². The highest BCUT2D eigenvalue weighted by molar-refractivity contribution is 6.02. The van der Waals surface area contributed by atoms with Gasteiger partial charge in [-0.15, -0.1) is 0 Å². The number of rotatable bonds is 9. The Morgan fingerprint density at radius 3 is 2.62 bits per heavy atom. The molecule has 3 heterocycles. The summed E-state index contributed by atoms with van der Waals surface area (Å²) >= 11 is 0. The number of likely N-dealkylation sites (N-methyl/N-ethyl adjacent to an activating group) is 1. The molecule has 1 saturated carbocycles. The van der Waals surface area contributed by atoms with Crippen LogP contribution in [0.3, 0.4) is 0 Å². The van der Waals surface area contributed by atoms with Crippen LogP contribution in [0.5, 0.6) is 0 Å². The minimum absolute atomic E-state index is 0.0287. The van der Waals surface area contributed by atoms with Crippen LogP contribution in [-0.2, 0) is 11.3 Å². The predicted octanol–water partition coefficient (Wildman–Crippen LogP) is 4.80. The molecule has 1 aliphatic carbocycles. The van der Waals surface area contributed by atoms with Crippen molar-refractivity contribution in [1.82, 2.24) is 19.7 Å². The van der Waals surface area contributed by atoms with Crippen molar-refractivity contribution in [2.75, 3.05) is 26.2 Å². The molecular formula is C27H42N4O3. The molecule has 1 atom stereocenters. The Morgan fingerprint density at radius 1 is 1.18 bits per heavy atom. The SMILES string of the molecule is CCCCN(CC)CCN1C(=O)c2cc3occc3n2C[C@@]1(C)C(=O)NC1CCCCCCC1. The summed E-state index contributed by atoms with van der Waals surface area (Å²) in [6, 6.07) is 3.91. The third-order valence-corrected chi connectivity index (χ3v) is 7.89. The van der Waals surface area contributed by atoms with Crippen LogP contribution in [0, 0.1) is 0 Å². The number of amides is 2. The van der Waals surface area contributed by atoms with Crippen LogP contribution in [0.15, 0.2) is 22.8 Å². The number of hydrogen-bond acceptors (Lipinski definition) is 4. The smallest absolute Gasteiger partial charge is 0.271 e. The van der Waals surface area contributed by atoms with Gasteiger partial charge in [0.05, 0.1) is 18.3 Å². The van der Waals surface area contributed by atoms with E-state index in [2.05, 4.69) is 24.1 Å². The van der Waals surface area contributed by atoms with Gasteiger partial charge in [-0.2, -0.15) is 0 Å². The monoisotopic (exact) mass is 470 g/mol. The topological polar surface area (TPSA) is 70.7 Å². The Kier molecular flexibility index (Phi) is 8.02. The average molecular weight is 471 g/mol. The summed E-state index contributed by atoms with van der Waals surface area (Å²) in [5.74, 6) is -0.112. The van der Waals surface area contributed by atoms with E-state index in [1.807, 2.05) is 28.5 Å². The maximum Gasteiger partial charge on any atom is 0.271 e. The number of furan rings is 1. The Hall–Kier alpha value is -2.28. The van der Waals surface area contributed by atoms with Crippen LogP contribution in [0.4, 0.5) is 0 Å². The third kappa shape index (κ3) is 5.04. The molecule has 34 heavy (non-hydrogen) atoms. The zero-order valence-corrected chi connectivity index (χ0v) is 21.3. The summed E-state index contributed by atoms with van der Waals surface area (Å²) in [4.78, 5) is 31.9. The maximum absolute atomic E-state index is 13.9. The first kappa shape index (κ1) is 24.8. The van der Waals surface area contributed by atoms with Crippen molar-refractivity contribution >= 4 is 22.9 Å². The first-order valence-electron chi connectivity index (χ1n) is 13.4. The Morgan fingerprint density at radius 2 is 1.91 bits per heavy atom. The summed E-state index contributed by atoms with van der Waals surface area (Å²) in [6.45, 7) is 10.0. The van der Waals surface area contributed by atoms with Crippen molar-refractivity contribution in [2.24, 2.45) is 0 Å². The Bertz CT molecular complexity index is 972. The number of hydrogen-bond donors (Lipinski definition) is 1. The second kappa shape index (κ2) is 11.0. The van der Waals surface area contributed by atoms with Gasteiger partial charge in [-0.05, 0) is 39.3 Å². The van der Waals surface area contributed by atoms with E-state index in [4.69, 9.17) is 4.42 Å². The van der Waals surface area contributed by atoms with E-state index in [1.54, 1.807) is 6.26 Å². The second-order valence-corrected chi connectivity index (χ2v) is 10.3. The molecule has 1 N–H and O–H groups in total. The molecule has 0 unspecified atom stereocenters. The first-order valence-corrected chi connectivity index (χ1v) is 13.4. The lowest BCUT2D eigenvalue weighted by atomic mass is 9.92. The second-order valence-electron chi connectivity index (χ2n) is 10.3. The molecule has 0 spiro atoms. The summed E-state index contributed by atoms with van der Waals surface area (Å²) in [5, 5.41) is 3.37. The summed E-state index contributed by atoms with van der Waals surface area (Å²) in [6.07, 6.45) is 12.1. The molecule has 7 nitrogen and oxygen atoms in total. The fraction of sp³-hybridized carbons (Fsp3) is 0.704. The van der Waals surface area contributed by atoms with Crippen molar-refractivity contribution < 1.29 is 14.0 Å². The number of unbranched alkanes of at least 4 members (excludes halogenated alkanes) is 1. The van der Waals surface area contributed by atoms with Gasteiger partial charge in [-0.25, -0.2) is 0 Å². The van der Waals surface area contributed by atoms with Gasteiger partial charge in [0, 0.05) is 31.3 Å². The van der Waals surface area contributed by atoms with Crippen molar-refractivity contribution in [3.05, 3.63) is 24.1 Å². The lowest BCUT2D eigenvalue weighted by molar-refractivity contribution is -0.133. The number of nitrogens with one attached hydrogen (secondary N) is 1. The van der Waals surface area contributed by atoms with Crippen LogP contribution in [0.2, 0.25) is 0 Å². The molecule has 4 rings (SSSR count). The van der Waals surface area contributed by atoms with E-state index in [9.17, 15) is 9.59 Å². The highest BCUT2D eigenvalue weighted by Gasteiger charge is 2.48. The lowest BCUT2D eigenvalue weighted by Gasteiger charge is -2.45. The summed E-state index contributed by atoms with van der Waals surface area (Å²) in [5.41, 5.74) is 1.25. The van der Waals surface area contributed by atoms with Crippen molar-refractivity contribution in [3.63, 3.8) is 0 Å². The van der Waals surface area contributed by atoms with E-state index in [0.717, 1.165) is 63.7 Å². The van der Waals surface area contributed by atoms with Crippen LogP contribution < -0.4 is 5.32 Å². The zero-order chi connectivity index (χ0) is 24.1. The number of carbonyl (C=O) groups is 2. The molecule has 1 aliphatic heterocycles. The zero-order valence-electron chi connectivity index (χ0n) is 21.3. The molecule has 2 aliphatic rings. The molecule has 0 saturated heterocycles. The van der Waals surface area contributed by atoms with Gasteiger partial charge in [0.15, 0.2) is 5.58 Å². The molecule has 0 bridgehead atoms. The molecule has 2 aromatic heterocycles. The third-order valence-electron chi connectivity index (χ3n) is 7.89. The molecule has 1 fully saturated rings. The van der Waals surface area contributed by atoms with Gasteiger partial charge in [-0.1, -0.05) is 52.4 Å². The van der Waals surface area contributed by atoms with Gasteiger partial charge >= 0.3 is 0 Å². The molecule has 2 aromatic rings. The van der Waals surface area contributed by atoms with E-state index in [1.165, 1.54) is 19.3 Å². The Labute approximate surface area is 203 Å². The quantitative estimate of drug-likeness (QED) is 0.571. The van der Waals surface area contributed by atoms with Gasteiger partial charge in [-0.3, -0.25) is 9.59 Å². The van der Waals surface area contributed by atoms with E-state index in [0.29, 0.717) is 24.4 Å². The first-order chi connectivity index (χ1) is 16.5. The van der Waals surface area contributed by atoms with E-state index < -0.39 is 5.54 Å². The van der Waals surface area contributed by atoms with Crippen LogP contribution in [0.1, 0.15) is 89.0 Å². The fourth-order valence-electron chi connectivity index (χ4n) is 5.62. The highest BCUT2D eigenvalue weighted by Crippen LogP contribution is 2.33. The number of fused-ring (bicyclic) bond motifs is 3. The summed E-state index contributed by atoms with van der Waals surface area (Å²) < 4.78 is 7.57. The van der Waals surface area contributed by atoms with Crippen LogP contribution >= 0.6 is 0 Å². The molecule has 0 radical (unpaired) electrons. The van der Waals surface area contributed by atoms with Crippen molar-refractivity contribution in [2.45, 2.75) is 96.7 Å². The normalized spacial score (nSPS) is 22.1. The molecule has 0 aromatic carbocycles. The molecule has 7 heteroatoms. The fourth-order valence-corrected chi connectivity index (χ4v) is 5.62. The number of aromatic nitrogens is 1. The predicted molar refractivity (Wildman–Crippen MR) is 135 cm³/mol. The average Bonchev–Trinajstić information content (AvgIpc) is 3.39. The van der Waals surface area contributed by atoms with Gasteiger partial charge in [0.1, 0.15) is 11.2 Å². The van der Waals surface area contributed by atoms with Crippen LogP contribution in [0.25, 0.3) is 11.1 Å². The molecular weight excluding hydrogens is 428 g/mol. The standard InChI is InChI=1S/C27H42N4O3/c1-4-6-15-29(5-2)16-17-31-25(32)23-19-24-22(14-18-34-24)30(23)20-27(31,3)26(33)28-21-12-10-8-7-9-11-13-21/h14,18-19,21H,4-13,15-17,20H2,1-3H3,(H,28,33)/t27-/m0/s1. The van der Waals surface area contributed by atoms with Crippen molar-refractivity contribution in [1.29, 1.82) is 0 Å². The van der Waals surface area contributed by atoms with Crippen molar-refractivity contribution in [3.8, 4) is 0 Å². The molecule has 188 valence electrons. The maximum atomic E-state index is 13.9. The van der Waals surface area contributed by atoms with E-state index in [-0.39, 0.29) is 17.9 Å².